The van der Waals surface area contributed by atoms with Crippen molar-refractivity contribution in [2.45, 2.75) is 25.8 Å². The van der Waals surface area contributed by atoms with Gasteiger partial charge < -0.3 is 9.41 Å². The molecule has 3 nitrogen and oxygen atoms in total. The third-order valence-corrected chi connectivity index (χ3v) is 6.00. The van der Waals surface area contributed by atoms with Crippen molar-refractivity contribution in [2.75, 3.05) is 0 Å². The standard InChI is InChI=1S/C27H25F3N2OSi/c1-18(33-34(2,3)4)22-7-5-6-8-23(22)20-12-15-24-25(17-20)32-26(31-24)16-11-19-9-13-21(14-10-19)27(28,29)30/h5-17H,1H2,2-4H3,(H,31,32). The molecule has 34 heavy (non-hydrogen) atoms. The van der Waals surface area contributed by atoms with Crippen molar-refractivity contribution in [3.63, 3.8) is 0 Å². The Balaban J connectivity index is 1.60. The highest BCUT2D eigenvalue weighted by atomic mass is 28.4. The Bertz CT molecular complexity index is 1360. The highest BCUT2D eigenvalue weighted by Crippen LogP contribution is 2.32. The second-order valence-electron chi connectivity index (χ2n) is 8.99. The van der Waals surface area contributed by atoms with Crippen molar-refractivity contribution in [1.29, 1.82) is 0 Å². The summed E-state index contributed by atoms with van der Waals surface area (Å²) in [5.74, 6) is 1.28. The number of halogens is 3. The van der Waals surface area contributed by atoms with Gasteiger partial charge in [-0.2, -0.15) is 13.2 Å². The Morgan fingerprint density at radius 2 is 1.68 bits per heavy atom. The summed E-state index contributed by atoms with van der Waals surface area (Å²) in [5, 5.41) is 0. The van der Waals surface area contributed by atoms with E-state index in [2.05, 4.69) is 36.2 Å². The fourth-order valence-corrected chi connectivity index (χ4v) is 4.49. The Kier molecular flexibility index (Phi) is 6.23. The highest BCUT2D eigenvalue weighted by molar-refractivity contribution is 6.70. The first kappa shape index (κ1) is 23.6. The molecule has 0 fully saturated rings. The van der Waals surface area contributed by atoms with Crippen molar-refractivity contribution in [1.82, 2.24) is 9.97 Å². The molecule has 1 heterocycles. The maximum absolute atomic E-state index is 12.7. The fraction of sp³-hybridized carbons (Fsp3) is 0.148. The van der Waals surface area contributed by atoms with Crippen LogP contribution in [0.25, 0.3) is 40.1 Å². The Hall–Kier alpha value is -3.58. The van der Waals surface area contributed by atoms with E-state index in [-0.39, 0.29) is 0 Å². The predicted molar refractivity (Wildman–Crippen MR) is 135 cm³/mol. The van der Waals surface area contributed by atoms with Crippen molar-refractivity contribution in [3.05, 3.63) is 95.8 Å². The van der Waals surface area contributed by atoms with Gasteiger partial charge in [0.25, 0.3) is 0 Å². The topological polar surface area (TPSA) is 37.9 Å². The molecule has 0 aliphatic heterocycles. The molecule has 4 aromatic rings. The van der Waals surface area contributed by atoms with Crippen LogP contribution < -0.4 is 0 Å². The van der Waals surface area contributed by atoms with Crippen LogP contribution in [0.15, 0.2) is 73.3 Å². The molecule has 174 valence electrons. The first-order valence-electron chi connectivity index (χ1n) is 10.8. The maximum Gasteiger partial charge on any atom is 0.416 e. The van der Waals surface area contributed by atoms with E-state index in [1.54, 1.807) is 12.2 Å². The number of nitrogens with zero attached hydrogens (tertiary/aromatic N) is 1. The van der Waals surface area contributed by atoms with Crippen LogP contribution in [0.2, 0.25) is 19.6 Å². The molecule has 3 aromatic carbocycles. The zero-order valence-corrected chi connectivity index (χ0v) is 20.2. The van der Waals surface area contributed by atoms with Crippen LogP contribution in [0, 0.1) is 0 Å². The normalized spacial score (nSPS) is 12.4. The van der Waals surface area contributed by atoms with Crippen LogP contribution in [0.3, 0.4) is 0 Å². The molecule has 0 spiro atoms. The molecule has 1 N–H and O–H groups in total. The molecule has 0 aliphatic rings. The van der Waals surface area contributed by atoms with Gasteiger partial charge in [-0.15, -0.1) is 0 Å². The minimum absolute atomic E-state index is 0.617. The number of H-pyrrole nitrogens is 1. The summed E-state index contributed by atoms with van der Waals surface area (Å²) in [4.78, 5) is 7.84. The zero-order valence-electron chi connectivity index (χ0n) is 19.2. The molecule has 1 aromatic heterocycles. The lowest BCUT2D eigenvalue weighted by Crippen LogP contribution is -2.24. The first-order valence-corrected chi connectivity index (χ1v) is 14.2. The number of alkyl halides is 3. The van der Waals surface area contributed by atoms with Gasteiger partial charge in [0.2, 0.25) is 8.32 Å². The third-order valence-electron chi connectivity index (χ3n) is 5.14. The highest BCUT2D eigenvalue weighted by Gasteiger charge is 2.29. The molecule has 4 rings (SSSR count). The monoisotopic (exact) mass is 478 g/mol. The van der Waals surface area contributed by atoms with Crippen LogP contribution in [0.1, 0.15) is 22.5 Å². The quantitative estimate of drug-likeness (QED) is 0.224. The molecule has 0 unspecified atom stereocenters. The Labute approximate surface area is 197 Å². The van der Waals surface area contributed by atoms with Gasteiger partial charge in [-0.1, -0.05) is 55.1 Å². The molecular weight excluding hydrogens is 453 g/mol. The van der Waals surface area contributed by atoms with E-state index in [0.717, 1.165) is 39.9 Å². The number of rotatable bonds is 6. The first-order chi connectivity index (χ1) is 16.0. The third kappa shape index (κ3) is 5.48. The van der Waals surface area contributed by atoms with Crippen molar-refractivity contribution in [2.24, 2.45) is 0 Å². The fourth-order valence-electron chi connectivity index (χ4n) is 3.64. The van der Waals surface area contributed by atoms with Gasteiger partial charge in [0, 0.05) is 5.56 Å². The summed E-state index contributed by atoms with van der Waals surface area (Å²) in [6.45, 7) is 10.5. The lowest BCUT2D eigenvalue weighted by atomic mass is 9.98. The lowest BCUT2D eigenvalue weighted by molar-refractivity contribution is -0.137. The van der Waals surface area contributed by atoms with Gasteiger partial charge in [0.05, 0.1) is 16.6 Å². The van der Waals surface area contributed by atoms with Gasteiger partial charge in [0.1, 0.15) is 11.6 Å². The van der Waals surface area contributed by atoms with E-state index in [1.807, 2.05) is 42.5 Å². The van der Waals surface area contributed by atoms with Gasteiger partial charge in [-0.05, 0) is 66.7 Å². The van der Waals surface area contributed by atoms with Crippen molar-refractivity contribution in [3.8, 4) is 11.1 Å². The van der Waals surface area contributed by atoms with E-state index in [9.17, 15) is 13.2 Å². The van der Waals surface area contributed by atoms with Crippen molar-refractivity contribution >= 4 is 37.3 Å². The molecule has 7 heteroatoms. The number of imidazole rings is 1. The summed E-state index contributed by atoms with van der Waals surface area (Å²) < 4.78 is 44.4. The summed E-state index contributed by atoms with van der Waals surface area (Å²) in [7, 11) is -1.80. The summed E-state index contributed by atoms with van der Waals surface area (Å²) in [6, 6.07) is 19.0. The molecule has 0 amide bonds. The summed E-state index contributed by atoms with van der Waals surface area (Å²) in [5.41, 5.74) is 4.62. The maximum atomic E-state index is 12.7. The summed E-state index contributed by atoms with van der Waals surface area (Å²) >= 11 is 0. The van der Waals surface area contributed by atoms with Crippen LogP contribution in [0.5, 0.6) is 0 Å². The minimum atomic E-state index is -4.34. The predicted octanol–water partition coefficient (Wildman–Crippen LogP) is 8.24. The van der Waals surface area contributed by atoms with Gasteiger partial charge in [-0.25, -0.2) is 4.98 Å². The second-order valence-corrected chi connectivity index (χ2v) is 13.4. The molecule has 0 aliphatic carbocycles. The Morgan fingerprint density at radius 3 is 2.35 bits per heavy atom. The molecule has 0 bridgehead atoms. The SMILES string of the molecule is C=C(O[Si](C)(C)C)c1ccccc1-c1ccc2nc(C=Cc3ccc(C(F)(F)F)cc3)[nH]c2c1. The molecule has 0 atom stereocenters. The zero-order chi connectivity index (χ0) is 24.5. The average molecular weight is 479 g/mol. The van der Waals surface area contributed by atoms with Crippen LogP contribution in [0.4, 0.5) is 13.2 Å². The summed E-state index contributed by atoms with van der Waals surface area (Å²) in [6.07, 6.45) is -0.865. The number of fused-ring (bicyclic) bond motifs is 1. The number of hydrogen-bond acceptors (Lipinski definition) is 2. The van der Waals surface area contributed by atoms with Crippen molar-refractivity contribution < 1.29 is 17.6 Å². The number of aromatic amines is 1. The number of hydrogen-bond donors (Lipinski definition) is 1. The van der Waals surface area contributed by atoms with E-state index >= 15 is 0 Å². The van der Waals surface area contributed by atoms with Crippen LogP contribution in [-0.2, 0) is 10.6 Å². The number of nitrogens with one attached hydrogen (secondary N) is 1. The molecule has 0 radical (unpaired) electrons. The molecular formula is C27H25F3N2OSi. The van der Waals surface area contributed by atoms with Crippen LogP contribution >= 0.6 is 0 Å². The molecule has 0 saturated carbocycles. The van der Waals surface area contributed by atoms with Gasteiger partial charge >= 0.3 is 6.18 Å². The van der Waals surface area contributed by atoms with E-state index in [4.69, 9.17) is 4.43 Å². The van der Waals surface area contributed by atoms with Gasteiger partial charge in [0.15, 0.2) is 0 Å². The Morgan fingerprint density at radius 1 is 0.971 bits per heavy atom. The second kappa shape index (κ2) is 8.99. The lowest BCUT2D eigenvalue weighted by Gasteiger charge is -2.22. The smallest absolute Gasteiger partial charge is 0.416 e. The number of benzene rings is 3. The minimum Gasteiger partial charge on any atom is -0.544 e. The number of aromatic nitrogens is 2. The largest absolute Gasteiger partial charge is 0.544 e. The van der Waals surface area contributed by atoms with E-state index < -0.39 is 20.1 Å². The van der Waals surface area contributed by atoms with E-state index in [1.165, 1.54) is 12.1 Å². The average Bonchev–Trinajstić information content (AvgIpc) is 3.18. The van der Waals surface area contributed by atoms with Crippen LogP contribution in [-0.4, -0.2) is 18.3 Å². The molecule has 0 saturated heterocycles. The van der Waals surface area contributed by atoms with Gasteiger partial charge in [-0.3, -0.25) is 0 Å². The van der Waals surface area contributed by atoms with E-state index in [0.29, 0.717) is 17.1 Å².